The van der Waals surface area contributed by atoms with Crippen molar-refractivity contribution in [2.45, 2.75) is 71.3 Å². The van der Waals surface area contributed by atoms with E-state index in [4.69, 9.17) is 4.74 Å². The minimum atomic E-state index is 0.104. The molecule has 1 atom stereocenters. The van der Waals surface area contributed by atoms with Gasteiger partial charge in [0.05, 0.1) is 23.9 Å². The van der Waals surface area contributed by atoms with E-state index in [1.807, 2.05) is 28.1 Å². The molecule has 3 heterocycles. The molecule has 0 aromatic heterocycles. The lowest BCUT2D eigenvalue weighted by atomic mass is 10.0. The Labute approximate surface area is 226 Å². The second-order valence-electron chi connectivity index (χ2n) is 11.1. The molecule has 0 aliphatic carbocycles. The number of aliphatic imine (C=N–C) groups is 1. The van der Waals surface area contributed by atoms with Crippen molar-refractivity contribution >= 4 is 34.5 Å². The van der Waals surface area contributed by atoms with Crippen molar-refractivity contribution in [3.05, 3.63) is 35.4 Å². The minimum absolute atomic E-state index is 0.104. The van der Waals surface area contributed by atoms with Crippen LogP contribution in [0.1, 0.15) is 74.2 Å². The lowest BCUT2D eigenvalue weighted by Gasteiger charge is -2.34. The highest BCUT2D eigenvalue weighted by Gasteiger charge is 2.31. The Hall–Kier alpha value is -2.93. The van der Waals surface area contributed by atoms with Gasteiger partial charge in [-0.05, 0) is 79.8 Å². The van der Waals surface area contributed by atoms with Crippen LogP contribution >= 0.6 is 0 Å². The quantitative estimate of drug-likeness (QED) is 0.398. The van der Waals surface area contributed by atoms with Gasteiger partial charge in [0.15, 0.2) is 0 Å². The highest BCUT2D eigenvalue weighted by molar-refractivity contribution is 6.06. The van der Waals surface area contributed by atoms with Gasteiger partial charge < -0.3 is 14.5 Å². The number of carbonyl (C=O) groups excluding carboxylic acids is 2. The Morgan fingerprint density at radius 2 is 1.68 bits per heavy atom. The number of hydrogen-bond acceptors (Lipinski definition) is 5. The fourth-order valence-corrected chi connectivity index (χ4v) is 6.00. The lowest BCUT2D eigenvalue weighted by Crippen LogP contribution is -2.48. The Kier molecular flexibility index (Phi) is 8.62. The molecular weight excluding hydrogens is 476 g/mol. The molecule has 2 fully saturated rings. The zero-order valence-electron chi connectivity index (χ0n) is 23.1. The molecule has 7 nitrogen and oxygen atoms in total. The smallest absolute Gasteiger partial charge is 0.256 e. The van der Waals surface area contributed by atoms with Gasteiger partial charge in [0, 0.05) is 45.9 Å². The van der Waals surface area contributed by atoms with E-state index < -0.39 is 0 Å². The number of carbonyl (C=O) groups is 2. The van der Waals surface area contributed by atoms with Gasteiger partial charge in [-0.1, -0.05) is 25.7 Å². The summed E-state index contributed by atoms with van der Waals surface area (Å²) in [7, 11) is 0. The van der Waals surface area contributed by atoms with E-state index in [1.54, 1.807) is 6.92 Å². The fraction of sp³-hybridized carbons (Fsp3) is 0.581. The first-order valence-electron chi connectivity index (χ1n) is 14.5. The summed E-state index contributed by atoms with van der Waals surface area (Å²) in [5.41, 5.74) is 2.58. The summed E-state index contributed by atoms with van der Waals surface area (Å²) < 4.78 is 6.18. The molecule has 2 aromatic carbocycles. The van der Waals surface area contributed by atoms with Crippen molar-refractivity contribution < 1.29 is 14.3 Å². The molecule has 7 heteroatoms. The molecule has 2 amide bonds. The zero-order valence-corrected chi connectivity index (χ0v) is 23.1. The molecule has 0 radical (unpaired) electrons. The molecule has 0 N–H and O–H groups in total. The van der Waals surface area contributed by atoms with Gasteiger partial charge in [-0.15, -0.1) is 0 Å². The monoisotopic (exact) mass is 518 g/mol. The van der Waals surface area contributed by atoms with Crippen LogP contribution in [-0.2, 0) is 4.79 Å². The number of aryl methyl sites for hydroxylation is 1. The topological polar surface area (TPSA) is 65.5 Å². The first-order chi connectivity index (χ1) is 18.5. The number of hydrogen-bond donors (Lipinski definition) is 0. The summed E-state index contributed by atoms with van der Waals surface area (Å²) in [5.74, 6) is 1.23. The third-order valence-corrected chi connectivity index (χ3v) is 8.37. The number of nitrogens with zero attached hydrogens (tertiary/aromatic N) is 4. The van der Waals surface area contributed by atoms with Gasteiger partial charge in [-0.25, -0.2) is 0 Å². The van der Waals surface area contributed by atoms with Gasteiger partial charge in [0.25, 0.3) is 5.91 Å². The summed E-state index contributed by atoms with van der Waals surface area (Å²) in [6, 6.07) is 8.42. The Morgan fingerprint density at radius 3 is 2.47 bits per heavy atom. The van der Waals surface area contributed by atoms with Gasteiger partial charge in [-0.3, -0.25) is 19.5 Å². The average molecular weight is 519 g/mol. The van der Waals surface area contributed by atoms with Crippen molar-refractivity contribution in [1.82, 2.24) is 14.7 Å². The number of piperazine rings is 1. The lowest BCUT2D eigenvalue weighted by molar-refractivity contribution is -0.130. The molecule has 38 heavy (non-hydrogen) atoms. The molecule has 2 saturated heterocycles. The number of ether oxygens (including phenoxy) is 1. The first kappa shape index (κ1) is 26.7. The van der Waals surface area contributed by atoms with Gasteiger partial charge in [0.1, 0.15) is 5.75 Å². The van der Waals surface area contributed by atoms with Gasteiger partial charge in [-0.2, -0.15) is 0 Å². The third-order valence-electron chi connectivity index (χ3n) is 8.37. The number of unbranched alkanes of at least 4 members (excludes halogenated alkanes) is 5. The van der Waals surface area contributed by atoms with Crippen LogP contribution in [-0.4, -0.2) is 84.6 Å². The number of rotatable bonds is 10. The number of amides is 2. The van der Waals surface area contributed by atoms with Crippen molar-refractivity contribution in [3.8, 4) is 5.75 Å². The predicted octanol–water partition coefficient (Wildman–Crippen LogP) is 5.35. The van der Waals surface area contributed by atoms with Crippen LogP contribution in [0.4, 0.5) is 5.69 Å². The van der Waals surface area contributed by atoms with Crippen LogP contribution in [0.25, 0.3) is 10.8 Å². The Balaban J connectivity index is 1.04. The molecule has 5 rings (SSSR count). The highest BCUT2D eigenvalue weighted by atomic mass is 16.5. The van der Waals surface area contributed by atoms with Crippen molar-refractivity contribution in [1.29, 1.82) is 0 Å². The molecule has 0 unspecified atom stereocenters. The van der Waals surface area contributed by atoms with E-state index in [1.165, 1.54) is 32.1 Å². The van der Waals surface area contributed by atoms with E-state index in [0.717, 1.165) is 92.9 Å². The van der Waals surface area contributed by atoms with E-state index in [2.05, 4.69) is 28.9 Å². The maximum Gasteiger partial charge on any atom is 0.256 e. The maximum atomic E-state index is 13.1. The summed E-state index contributed by atoms with van der Waals surface area (Å²) in [6.07, 6.45) is 11.3. The highest BCUT2D eigenvalue weighted by Crippen LogP contribution is 2.34. The molecule has 0 spiro atoms. The SMILES string of the molecule is CC(=O)N1CCN(CCCCCCCCOc2cc3cc4c(cc3cc2C)C(=O)N2CCC[C@H]2C=N4)CC1. The van der Waals surface area contributed by atoms with E-state index in [-0.39, 0.29) is 17.9 Å². The number of benzene rings is 2. The molecule has 3 aliphatic rings. The molecule has 2 aromatic rings. The van der Waals surface area contributed by atoms with Crippen LogP contribution in [0.15, 0.2) is 29.3 Å². The average Bonchev–Trinajstić information content (AvgIpc) is 3.35. The zero-order chi connectivity index (χ0) is 26.5. The van der Waals surface area contributed by atoms with Crippen LogP contribution < -0.4 is 4.74 Å². The summed E-state index contributed by atoms with van der Waals surface area (Å²) in [6.45, 7) is 10.2. The summed E-state index contributed by atoms with van der Waals surface area (Å²) in [5, 5.41) is 2.13. The number of fused-ring (bicyclic) bond motifs is 3. The molecule has 204 valence electrons. The second-order valence-corrected chi connectivity index (χ2v) is 11.1. The molecule has 0 saturated carbocycles. The van der Waals surface area contributed by atoms with Crippen molar-refractivity contribution in [3.63, 3.8) is 0 Å². The van der Waals surface area contributed by atoms with Crippen LogP contribution in [0, 0.1) is 6.92 Å². The van der Waals surface area contributed by atoms with E-state index >= 15 is 0 Å². The van der Waals surface area contributed by atoms with Crippen molar-refractivity contribution in [2.24, 2.45) is 4.99 Å². The fourth-order valence-electron chi connectivity index (χ4n) is 6.00. The standard InChI is InChI=1S/C31H42N4O3/c1-23-18-25-19-28-29(32-22-27-10-9-12-35(27)31(28)37)20-26(25)21-30(23)38-17-8-6-4-3-5-7-11-33-13-15-34(16-14-33)24(2)36/h18-22,27H,3-17H2,1-2H3/t27-/m0/s1. The summed E-state index contributed by atoms with van der Waals surface area (Å²) in [4.78, 5) is 35.6. The Morgan fingerprint density at radius 1 is 0.947 bits per heavy atom. The maximum absolute atomic E-state index is 13.1. The van der Waals surface area contributed by atoms with E-state index in [0.29, 0.717) is 5.56 Å². The minimum Gasteiger partial charge on any atom is -0.493 e. The van der Waals surface area contributed by atoms with Gasteiger partial charge in [0.2, 0.25) is 5.91 Å². The third kappa shape index (κ3) is 6.20. The first-order valence-corrected chi connectivity index (χ1v) is 14.5. The van der Waals surface area contributed by atoms with E-state index in [9.17, 15) is 9.59 Å². The van der Waals surface area contributed by atoms with Crippen LogP contribution in [0.5, 0.6) is 5.75 Å². The predicted molar refractivity (Wildman–Crippen MR) is 153 cm³/mol. The largest absolute Gasteiger partial charge is 0.493 e. The molecular formula is C31H42N4O3. The second kappa shape index (κ2) is 12.3. The van der Waals surface area contributed by atoms with Crippen LogP contribution in [0.2, 0.25) is 0 Å². The normalized spacial score (nSPS) is 19.5. The van der Waals surface area contributed by atoms with Gasteiger partial charge >= 0.3 is 0 Å². The Bertz CT molecular complexity index is 1190. The molecule has 3 aliphatic heterocycles. The van der Waals surface area contributed by atoms with Crippen LogP contribution in [0.3, 0.4) is 0 Å². The van der Waals surface area contributed by atoms with Crippen molar-refractivity contribution in [2.75, 3.05) is 45.9 Å². The molecule has 0 bridgehead atoms. The summed E-state index contributed by atoms with van der Waals surface area (Å²) >= 11 is 0.